The van der Waals surface area contributed by atoms with Crippen LogP contribution < -0.4 is 9.47 Å². The number of amides is 1. The van der Waals surface area contributed by atoms with Gasteiger partial charge in [-0.05, 0) is 13.0 Å². The number of ether oxygens (including phenoxy) is 2. The van der Waals surface area contributed by atoms with E-state index in [2.05, 4.69) is 10.1 Å². The highest BCUT2D eigenvalue weighted by Gasteiger charge is 2.30. The summed E-state index contributed by atoms with van der Waals surface area (Å²) in [6.07, 6.45) is 1.69. The van der Waals surface area contributed by atoms with E-state index < -0.39 is 0 Å². The van der Waals surface area contributed by atoms with Crippen molar-refractivity contribution in [3.63, 3.8) is 0 Å². The molecule has 0 aromatic carbocycles. The van der Waals surface area contributed by atoms with Gasteiger partial charge in [0.25, 0.3) is 5.91 Å². The van der Waals surface area contributed by atoms with E-state index in [4.69, 9.17) is 9.47 Å². The maximum absolute atomic E-state index is 12.6. The van der Waals surface area contributed by atoms with Crippen molar-refractivity contribution in [2.45, 2.75) is 32.4 Å². The van der Waals surface area contributed by atoms with Crippen molar-refractivity contribution in [1.82, 2.24) is 19.7 Å². The Labute approximate surface area is 140 Å². The summed E-state index contributed by atoms with van der Waals surface area (Å²) in [6.45, 7) is 4.63. The van der Waals surface area contributed by atoms with Crippen molar-refractivity contribution < 1.29 is 14.3 Å². The van der Waals surface area contributed by atoms with Crippen molar-refractivity contribution in [3.8, 4) is 11.8 Å². The zero-order valence-electron chi connectivity index (χ0n) is 13.6. The summed E-state index contributed by atoms with van der Waals surface area (Å²) < 4.78 is 13.2. The number of nitrogens with zero attached hydrogens (tertiary/aromatic N) is 4. The number of aryl methyl sites for hydroxylation is 2. The summed E-state index contributed by atoms with van der Waals surface area (Å²) in [5.41, 5.74) is 1.36. The van der Waals surface area contributed by atoms with Gasteiger partial charge in [-0.1, -0.05) is 6.07 Å². The highest BCUT2D eigenvalue weighted by Crippen LogP contribution is 2.22. The SMILES string of the molecule is Cc1cccc(O[C@@H]2CCN(C(=O)c3cc4n(n3)CCCO4)C2)n1. The van der Waals surface area contributed by atoms with E-state index in [0.717, 1.165) is 25.1 Å². The lowest BCUT2D eigenvalue weighted by Crippen LogP contribution is -2.31. The second kappa shape index (κ2) is 6.14. The van der Waals surface area contributed by atoms with Gasteiger partial charge in [-0.15, -0.1) is 0 Å². The Kier molecular flexibility index (Phi) is 3.84. The number of hydrogen-bond acceptors (Lipinski definition) is 5. The Morgan fingerprint density at radius 2 is 2.29 bits per heavy atom. The third-order valence-corrected chi connectivity index (χ3v) is 4.31. The smallest absolute Gasteiger partial charge is 0.274 e. The number of carbonyl (C=O) groups is 1. The molecule has 0 spiro atoms. The van der Waals surface area contributed by atoms with E-state index in [1.165, 1.54) is 0 Å². The maximum Gasteiger partial charge on any atom is 0.274 e. The van der Waals surface area contributed by atoms with Crippen LogP contribution in [0, 0.1) is 6.92 Å². The molecule has 0 saturated carbocycles. The van der Waals surface area contributed by atoms with Crippen LogP contribution in [0.3, 0.4) is 0 Å². The molecule has 2 aliphatic heterocycles. The number of fused-ring (bicyclic) bond motifs is 1. The van der Waals surface area contributed by atoms with E-state index in [-0.39, 0.29) is 12.0 Å². The molecule has 0 N–H and O–H groups in total. The quantitative estimate of drug-likeness (QED) is 0.857. The lowest BCUT2D eigenvalue weighted by Gasteiger charge is -2.16. The molecule has 7 nitrogen and oxygen atoms in total. The van der Waals surface area contributed by atoms with Crippen LogP contribution in [-0.4, -0.2) is 51.4 Å². The first-order valence-corrected chi connectivity index (χ1v) is 8.29. The Balaban J connectivity index is 1.41. The zero-order chi connectivity index (χ0) is 16.5. The van der Waals surface area contributed by atoms with Crippen LogP contribution in [0.5, 0.6) is 11.8 Å². The van der Waals surface area contributed by atoms with Gasteiger partial charge >= 0.3 is 0 Å². The number of pyridine rings is 1. The first-order valence-electron chi connectivity index (χ1n) is 8.29. The largest absolute Gasteiger partial charge is 0.478 e. The highest BCUT2D eigenvalue weighted by atomic mass is 16.5. The van der Waals surface area contributed by atoms with Crippen LogP contribution >= 0.6 is 0 Å². The lowest BCUT2D eigenvalue weighted by atomic mass is 10.3. The van der Waals surface area contributed by atoms with Crippen LogP contribution in [0.2, 0.25) is 0 Å². The number of likely N-dealkylation sites (tertiary alicyclic amines) is 1. The number of carbonyl (C=O) groups excluding carboxylic acids is 1. The van der Waals surface area contributed by atoms with E-state index in [1.54, 1.807) is 15.6 Å². The van der Waals surface area contributed by atoms with Gasteiger partial charge in [-0.2, -0.15) is 5.10 Å². The molecule has 2 aliphatic rings. The first kappa shape index (κ1) is 15.0. The fraction of sp³-hybridized carbons (Fsp3) is 0.471. The summed E-state index contributed by atoms with van der Waals surface area (Å²) in [6, 6.07) is 7.43. The molecule has 0 aliphatic carbocycles. The molecule has 4 rings (SSSR count). The van der Waals surface area contributed by atoms with Crippen molar-refractivity contribution in [1.29, 1.82) is 0 Å². The Morgan fingerprint density at radius 3 is 3.12 bits per heavy atom. The standard InChI is InChI=1S/C17H20N4O3/c1-12-4-2-5-15(18-12)24-13-6-8-20(11-13)17(22)14-10-16-21(19-14)7-3-9-23-16/h2,4-5,10,13H,3,6-9,11H2,1H3/t13-/m1/s1. The molecule has 2 aromatic heterocycles. The minimum Gasteiger partial charge on any atom is -0.478 e. The summed E-state index contributed by atoms with van der Waals surface area (Å²) >= 11 is 0. The average molecular weight is 328 g/mol. The first-order chi connectivity index (χ1) is 11.7. The van der Waals surface area contributed by atoms with Gasteiger partial charge < -0.3 is 14.4 Å². The summed E-state index contributed by atoms with van der Waals surface area (Å²) in [7, 11) is 0. The van der Waals surface area contributed by atoms with E-state index >= 15 is 0 Å². The van der Waals surface area contributed by atoms with Crippen molar-refractivity contribution in [3.05, 3.63) is 35.7 Å². The lowest BCUT2D eigenvalue weighted by molar-refractivity contribution is 0.0764. The zero-order valence-corrected chi connectivity index (χ0v) is 13.6. The van der Waals surface area contributed by atoms with E-state index in [0.29, 0.717) is 37.2 Å². The van der Waals surface area contributed by atoms with Gasteiger partial charge in [0.1, 0.15) is 6.10 Å². The normalized spacial score (nSPS) is 19.7. The number of aromatic nitrogens is 3. The predicted molar refractivity (Wildman–Crippen MR) is 86.2 cm³/mol. The van der Waals surface area contributed by atoms with Crippen molar-refractivity contribution in [2.24, 2.45) is 0 Å². The monoisotopic (exact) mass is 328 g/mol. The van der Waals surface area contributed by atoms with Gasteiger partial charge in [0.15, 0.2) is 5.69 Å². The maximum atomic E-state index is 12.6. The number of rotatable bonds is 3. The van der Waals surface area contributed by atoms with Crippen LogP contribution in [0.4, 0.5) is 0 Å². The second-order valence-electron chi connectivity index (χ2n) is 6.19. The van der Waals surface area contributed by atoms with Gasteiger partial charge in [0.2, 0.25) is 11.8 Å². The van der Waals surface area contributed by atoms with Crippen molar-refractivity contribution in [2.75, 3.05) is 19.7 Å². The molecular weight excluding hydrogens is 308 g/mol. The molecule has 4 heterocycles. The average Bonchev–Trinajstić information content (AvgIpc) is 3.20. The van der Waals surface area contributed by atoms with Gasteiger partial charge in [-0.25, -0.2) is 9.67 Å². The fourth-order valence-corrected chi connectivity index (χ4v) is 3.10. The summed E-state index contributed by atoms with van der Waals surface area (Å²) in [4.78, 5) is 18.8. The molecule has 1 fully saturated rings. The Morgan fingerprint density at radius 1 is 1.38 bits per heavy atom. The fourth-order valence-electron chi connectivity index (χ4n) is 3.10. The summed E-state index contributed by atoms with van der Waals surface area (Å²) in [5, 5.41) is 4.36. The predicted octanol–water partition coefficient (Wildman–Crippen LogP) is 1.66. The van der Waals surface area contributed by atoms with Crippen LogP contribution in [0.15, 0.2) is 24.3 Å². The van der Waals surface area contributed by atoms with Gasteiger partial charge in [0, 0.05) is 43.8 Å². The minimum atomic E-state index is -0.0659. The molecule has 126 valence electrons. The molecule has 1 amide bonds. The summed E-state index contributed by atoms with van der Waals surface area (Å²) in [5.74, 6) is 1.23. The molecule has 1 atom stereocenters. The van der Waals surface area contributed by atoms with E-state index in [9.17, 15) is 4.79 Å². The molecular formula is C17H20N4O3. The third-order valence-electron chi connectivity index (χ3n) is 4.31. The Bertz CT molecular complexity index is 735. The van der Waals surface area contributed by atoms with Gasteiger partial charge in [-0.3, -0.25) is 4.79 Å². The molecule has 24 heavy (non-hydrogen) atoms. The second-order valence-corrected chi connectivity index (χ2v) is 6.19. The molecule has 1 saturated heterocycles. The molecule has 0 unspecified atom stereocenters. The molecule has 0 bridgehead atoms. The number of hydrogen-bond donors (Lipinski definition) is 0. The molecule has 7 heteroatoms. The van der Waals surface area contributed by atoms with Crippen molar-refractivity contribution >= 4 is 5.91 Å². The van der Waals surface area contributed by atoms with E-state index in [1.807, 2.05) is 25.1 Å². The molecule has 2 aromatic rings. The van der Waals surface area contributed by atoms with Crippen LogP contribution in [0.1, 0.15) is 29.0 Å². The Hall–Kier alpha value is -2.57. The molecule has 0 radical (unpaired) electrons. The van der Waals surface area contributed by atoms with Crippen LogP contribution in [0.25, 0.3) is 0 Å². The third kappa shape index (κ3) is 2.93. The van der Waals surface area contributed by atoms with Gasteiger partial charge in [0.05, 0.1) is 13.2 Å². The highest BCUT2D eigenvalue weighted by molar-refractivity contribution is 5.92. The van der Waals surface area contributed by atoms with Crippen LogP contribution in [-0.2, 0) is 6.54 Å². The minimum absolute atomic E-state index is 0.0308. The topological polar surface area (TPSA) is 69.5 Å².